The summed E-state index contributed by atoms with van der Waals surface area (Å²) in [6, 6.07) is 9.31. The zero-order valence-corrected chi connectivity index (χ0v) is 14.5. The predicted molar refractivity (Wildman–Crippen MR) is 87.6 cm³/mol. The van der Waals surface area contributed by atoms with Crippen molar-refractivity contribution in [1.29, 1.82) is 0 Å². The number of anilines is 1. The largest absolute Gasteiger partial charge is 0.322 e. The zero-order chi connectivity index (χ0) is 15.4. The third-order valence-corrected chi connectivity index (χ3v) is 4.62. The van der Waals surface area contributed by atoms with Crippen molar-refractivity contribution in [1.82, 2.24) is 0 Å². The highest BCUT2D eigenvalue weighted by atomic mass is 79.9. The minimum absolute atomic E-state index is 0.0576. The van der Waals surface area contributed by atoms with Gasteiger partial charge in [0.2, 0.25) is 5.91 Å². The molecule has 0 aromatic heterocycles. The minimum atomic E-state index is -0.816. The molecule has 2 rings (SSSR count). The number of halogens is 4. The SMILES string of the molecule is O=C(CSc1ccc(Br)cc1)Nc1c(F)cc(F)cc1Br. The van der Waals surface area contributed by atoms with E-state index in [2.05, 4.69) is 37.2 Å². The van der Waals surface area contributed by atoms with Gasteiger partial charge in [-0.25, -0.2) is 8.78 Å². The molecule has 7 heteroatoms. The highest BCUT2D eigenvalue weighted by Crippen LogP contribution is 2.27. The van der Waals surface area contributed by atoms with E-state index >= 15 is 0 Å². The molecule has 0 radical (unpaired) electrons. The standard InChI is InChI=1S/C14H9Br2F2NOS/c15-8-1-3-10(4-2-8)21-7-13(20)19-14-11(16)5-9(17)6-12(14)18/h1-6H,7H2,(H,19,20). The number of hydrogen-bond donors (Lipinski definition) is 1. The van der Waals surface area contributed by atoms with Gasteiger partial charge in [0.05, 0.1) is 11.4 Å². The first-order valence-electron chi connectivity index (χ1n) is 5.78. The number of hydrogen-bond acceptors (Lipinski definition) is 2. The second-order valence-electron chi connectivity index (χ2n) is 4.04. The highest BCUT2D eigenvalue weighted by Gasteiger charge is 2.13. The van der Waals surface area contributed by atoms with Gasteiger partial charge in [0.1, 0.15) is 5.82 Å². The van der Waals surface area contributed by atoms with E-state index in [1.54, 1.807) is 0 Å². The van der Waals surface area contributed by atoms with E-state index < -0.39 is 11.6 Å². The topological polar surface area (TPSA) is 29.1 Å². The van der Waals surface area contributed by atoms with E-state index in [1.807, 2.05) is 24.3 Å². The molecule has 0 aliphatic rings. The maximum atomic E-state index is 13.6. The molecule has 0 spiro atoms. The van der Waals surface area contributed by atoms with E-state index in [0.29, 0.717) is 0 Å². The zero-order valence-electron chi connectivity index (χ0n) is 10.5. The number of carbonyl (C=O) groups is 1. The van der Waals surface area contributed by atoms with Gasteiger partial charge in [-0.1, -0.05) is 15.9 Å². The number of thioether (sulfide) groups is 1. The Hall–Kier alpha value is -0.920. The van der Waals surface area contributed by atoms with Gasteiger partial charge in [0, 0.05) is 19.9 Å². The third kappa shape index (κ3) is 4.79. The molecule has 2 aromatic rings. The van der Waals surface area contributed by atoms with Gasteiger partial charge in [0.15, 0.2) is 5.82 Å². The van der Waals surface area contributed by atoms with Crippen molar-refractivity contribution in [2.45, 2.75) is 4.90 Å². The first-order chi connectivity index (χ1) is 9.95. The fourth-order valence-electron chi connectivity index (χ4n) is 1.52. The Morgan fingerprint density at radius 1 is 1.14 bits per heavy atom. The van der Waals surface area contributed by atoms with E-state index in [4.69, 9.17) is 0 Å². The van der Waals surface area contributed by atoms with Gasteiger partial charge in [-0.3, -0.25) is 4.79 Å². The summed E-state index contributed by atoms with van der Waals surface area (Å²) in [4.78, 5) is 12.7. The van der Waals surface area contributed by atoms with Crippen LogP contribution in [0, 0.1) is 11.6 Å². The quantitative estimate of drug-likeness (QED) is 0.665. The Kier molecular flexibility index (Phi) is 5.78. The van der Waals surface area contributed by atoms with E-state index in [-0.39, 0.29) is 21.8 Å². The second-order valence-corrected chi connectivity index (χ2v) is 6.85. The van der Waals surface area contributed by atoms with Crippen molar-refractivity contribution in [3.05, 3.63) is 57.0 Å². The first-order valence-corrected chi connectivity index (χ1v) is 8.35. The summed E-state index contributed by atoms with van der Waals surface area (Å²) in [7, 11) is 0. The molecule has 0 unspecified atom stereocenters. The summed E-state index contributed by atoms with van der Waals surface area (Å²) in [6.07, 6.45) is 0. The average Bonchev–Trinajstić information content (AvgIpc) is 2.42. The Morgan fingerprint density at radius 2 is 1.81 bits per heavy atom. The van der Waals surface area contributed by atoms with Gasteiger partial charge in [-0.15, -0.1) is 11.8 Å². The van der Waals surface area contributed by atoms with E-state index in [1.165, 1.54) is 11.8 Å². The third-order valence-electron chi connectivity index (χ3n) is 2.45. The fourth-order valence-corrected chi connectivity index (χ4v) is 2.99. The van der Waals surface area contributed by atoms with Crippen LogP contribution in [0.5, 0.6) is 0 Å². The number of amides is 1. The Balaban J connectivity index is 1.97. The molecule has 0 atom stereocenters. The molecule has 0 aliphatic heterocycles. The van der Waals surface area contributed by atoms with Crippen LogP contribution in [-0.4, -0.2) is 11.7 Å². The molecular weight excluding hydrogens is 428 g/mol. The lowest BCUT2D eigenvalue weighted by Crippen LogP contribution is -2.15. The Labute approximate surface area is 141 Å². The molecule has 0 aliphatic carbocycles. The summed E-state index contributed by atoms with van der Waals surface area (Å²) < 4.78 is 27.7. The molecular formula is C14H9Br2F2NOS. The van der Waals surface area contributed by atoms with Crippen LogP contribution in [0.1, 0.15) is 0 Å². The second kappa shape index (κ2) is 7.38. The normalized spacial score (nSPS) is 10.5. The van der Waals surface area contributed by atoms with Crippen LogP contribution in [0.2, 0.25) is 0 Å². The van der Waals surface area contributed by atoms with Crippen molar-refractivity contribution >= 4 is 55.2 Å². The molecule has 1 N–H and O–H groups in total. The van der Waals surface area contributed by atoms with E-state index in [9.17, 15) is 13.6 Å². The summed E-state index contributed by atoms with van der Waals surface area (Å²) in [5.74, 6) is -1.76. The van der Waals surface area contributed by atoms with Gasteiger partial charge in [-0.05, 0) is 46.3 Å². The molecule has 110 valence electrons. The van der Waals surface area contributed by atoms with Crippen molar-refractivity contribution < 1.29 is 13.6 Å². The smallest absolute Gasteiger partial charge is 0.234 e. The summed E-state index contributed by atoms with van der Waals surface area (Å²) in [5, 5.41) is 2.43. The number of benzene rings is 2. The van der Waals surface area contributed by atoms with Crippen LogP contribution in [0.4, 0.5) is 14.5 Å². The molecule has 2 nitrogen and oxygen atoms in total. The van der Waals surface area contributed by atoms with Crippen LogP contribution < -0.4 is 5.32 Å². The first kappa shape index (κ1) is 16.5. The van der Waals surface area contributed by atoms with Crippen LogP contribution in [0.25, 0.3) is 0 Å². The molecule has 0 bridgehead atoms. The number of carbonyl (C=O) groups excluding carboxylic acids is 1. The maximum absolute atomic E-state index is 13.6. The van der Waals surface area contributed by atoms with Crippen LogP contribution in [0.15, 0.2) is 50.2 Å². The summed E-state index contributed by atoms with van der Waals surface area (Å²) in [5.41, 5.74) is -0.0576. The van der Waals surface area contributed by atoms with Crippen molar-refractivity contribution in [3.8, 4) is 0 Å². The van der Waals surface area contributed by atoms with E-state index in [0.717, 1.165) is 21.5 Å². The molecule has 21 heavy (non-hydrogen) atoms. The van der Waals surface area contributed by atoms with Gasteiger partial charge >= 0.3 is 0 Å². The lowest BCUT2D eigenvalue weighted by atomic mass is 10.3. The van der Waals surface area contributed by atoms with Crippen molar-refractivity contribution in [3.63, 3.8) is 0 Å². The lowest BCUT2D eigenvalue weighted by molar-refractivity contribution is -0.113. The molecule has 2 aromatic carbocycles. The fraction of sp³-hybridized carbons (Fsp3) is 0.0714. The molecule has 0 heterocycles. The lowest BCUT2D eigenvalue weighted by Gasteiger charge is -2.09. The predicted octanol–water partition coefficient (Wildman–Crippen LogP) is 5.22. The number of nitrogens with one attached hydrogen (secondary N) is 1. The Bertz CT molecular complexity index is 642. The van der Waals surface area contributed by atoms with Gasteiger partial charge < -0.3 is 5.32 Å². The molecule has 0 fully saturated rings. The maximum Gasteiger partial charge on any atom is 0.234 e. The molecule has 1 amide bonds. The van der Waals surface area contributed by atoms with Gasteiger partial charge in [0.25, 0.3) is 0 Å². The molecule has 0 saturated heterocycles. The monoisotopic (exact) mass is 435 g/mol. The van der Waals surface area contributed by atoms with Crippen LogP contribution in [0.3, 0.4) is 0 Å². The number of rotatable bonds is 4. The summed E-state index contributed by atoms with van der Waals surface area (Å²) in [6.45, 7) is 0. The highest BCUT2D eigenvalue weighted by molar-refractivity contribution is 9.10. The van der Waals surface area contributed by atoms with Crippen LogP contribution >= 0.6 is 43.6 Å². The van der Waals surface area contributed by atoms with Crippen molar-refractivity contribution in [2.75, 3.05) is 11.1 Å². The summed E-state index contributed by atoms with van der Waals surface area (Å²) >= 11 is 7.68. The average molecular weight is 437 g/mol. The Morgan fingerprint density at radius 3 is 2.43 bits per heavy atom. The molecule has 0 saturated carbocycles. The van der Waals surface area contributed by atoms with Crippen molar-refractivity contribution in [2.24, 2.45) is 0 Å². The van der Waals surface area contributed by atoms with Crippen LogP contribution in [-0.2, 0) is 4.79 Å². The van der Waals surface area contributed by atoms with Gasteiger partial charge in [-0.2, -0.15) is 0 Å². The minimum Gasteiger partial charge on any atom is -0.322 e.